The summed E-state index contributed by atoms with van der Waals surface area (Å²) in [5.41, 5.74) is 8.89. The monoisotopic (exact) mass is 334 g/mol. The molecular weight excluding hydrogens is 320 g/mol. The van der Waals surface area contributed by atoms with Crippen molar-refractivity contribution < 1.29 is 14.3 Å². The standard InChI is InChI=1S/C18H14N4O3/c1-11-16(17(23)22(21-11)14-5-3-2-4-6-14)20-19-13-8-7-12-10-25-18(24)15(12)9-13/h2-9,19,21H,1,10H2. The van der Waals surface area contributed by atoms with E-state index in [0.717, 1.165) is 5.56 Å². The van der Waals surface area contributed by atoms with Gasteiger partial charge in [0.1, 0.15) is 6.61 Å². The molecule has 4 rings (SSSR count). The zero-order valence-corrected chi connectivity index (χ0v) is 13.2. The van der Waals surface area contributed by atoms with Gasteiger partial charge in [-0.2, -0.15) is 5.10 Å². The molecule has 0 aliphatic carbocycles. The van der Waals surface area contributed by atoms with Crippen LogP contribution >= 0.6 is 0 Å². The second-order valence-corrected chi connectivity index (χ2v) is 5.59. The first-order chi connectivity index (χ1) is 12.1. The number of benzene rings is 2. The van der Waals surface area contributed by atoms with E-state index < -0.39 is 0 Å². The Kier molecular flexibility index (Phi) is 3.46. The molecule has 1 saturated heterocycles. The van der Waals surface area contributed by atoms with Gasteiger partial charge >= 0.3 is 5.97 Å². The molecular formula is C18H14N4O3. The molecule has 1 fully saturated rings. The van der Waals surface area contributed by atoms with Gasteiger partial charge in [0.15, 0.2) is 5.71 Å². The van der Waals surface area contributed by atoms with Crippen molar-refractivity contribution in [3.63, 3.8) is 0 Å². The average molecular weight is 334 g/mol. The number of carbonyl (C=O) groups is 2. The Labute approximate surface area is 143 Å². The summed E-state index contributed by atoms with van der Waals surface area (Å²) in [4.78, 5) is 24.1. The fourth-order valence-electron chi connectivity index (χ4n) is 2.65. The van der Waals surface area contributed by atoms with Gasteiger partial charge < -0.3 is 4.74 Å². The number of hydrazine groups is 1. The number of nitrogens with zero attached hydrogens (tertiary/aromatic N) is 2. The Morgan fingerprint density at radius 3 is 2.76 bits per heavy atom. The zero-order chi connectivity index (χ0) is 17.4. The fraction of sp³-hybridized carbons (Fsp3) is 0.0556. The lowest BCUT2D eigenvalue weighted by Gasteiger charge is -2.14. The van der Waals surface area contributed by atoms with Crippen LogP contribution in [0.25, 0.3) is 0 Å². The predicted molar refractivity (Wildman–Crippen MR) is 92.8 cm³/mol. The first-order valence-corrected chi connectivity index (χ1v) is 7.62. The van der Waals surface area contributed by atoms with E-state index in [1.807, 2.05) is 18.2 Å². The largest absolute Gasteiger partial charge is 0.457 e. The number of para-hydroxylation sites is 1. The summed E-state index contributed by atoms with van der Waals surface area (Å²) in [5.74, 6) is -0.672. The minimum Gasteiger partial charge on any atom is -0.457 e. The molecule has 7 nitrogen and oxygen atoms in total. The van der Waals surface area contributed by atoms with E-state index in [9.17, 15) is 9.59 Å². The summed E-state index contributed by atoms with van der Waals surface area (Å²) < 4.78 is 4.97. The van der Waals surface area contributed by atoms with Gasteiger partial charge in [-0.05, 0) is 24.3 Å². The molecule has 2 aliphatic rings. The molecule has 2 aliphatic heterocycles. The summed E-state index contributed by atoms with van der Waals surface area (Å²) in [6.45, 7) is 4.11. The van der Waals surface area contributed by atoms with Crippen LogP contribution in [-0.2, 0) is 16.1 Å². The van der Waals surface area contributed by atoms with Crippen molar-refractivity contribution >= 4 is 29.0 Å². The smallest absolute Gasteiger partial charge is 0.338 e. The van der Waals surface area contributed by atoms with Crippen molar-refractivity contribution in [2.45, 2.75) is 6.61 Å². The number of rotatable bonds is 3. The van der Waals surface area contributed by atoms with Crippen LogP contribution in [0.5, 0.6) is 0 Å². The van der Waals surface area contributed by atoms with E-state index in [0.29, 0.717) is 22.6 Å². The molecule has 2 aromatic rings. The number of carbonyl (C=O) groups excluding carboxylic acids is 2. The molecule has 0 atom stereocenters. The van der Waals surface area contributed by atoms with Crippen molar-refractivity contribution in [1.82, 2.24) is 5.43 Å². The molecule has 2 heterocycles. The van der Waals surface area contributed by atoms with Crippen LogP contribution in [0.1, 0.15) is 15.9 Å². The Balaban J connectivity index is 1.56. The number of hydrazone groups is 1. The molecule has 124 valence electrons. The highest BCUT2D eigenvalue weighted by Gasteiger charge is 2.32. The van der Waals surface area contributed by atoms with Crippen LogP contribution < -0.4 is 15.9 Å². The zero-order valence-electron chi connectivity index (χ0n) is 13.2. The number of anilines is 2. The van der Waals surface area contributed by atoms with Crippen LogP contribution in [0.2, 0.25) is 0 Å². The van der Waals surface area contributed by atoms with Crippen molar-refractivity contribution in [2.75, 3.05) is 10.4 Å². The lowest BCUT2D eigenvalue weighted by molar-refractivity contribution is -0.112. The van der Waals surface area contributed by atoms with E-state index >= 15 is 0 Å². The van der Waals surface area contributed by atoms with E-state index in [4.69, 9.17) is 4.74 Å². The van der Waals surface area contributed by atoms with E-state index in [1.54, 1.807) is 30.3 Å². The first-order valence-electron chi connectivity index (χ1n) is 7.62. The van der Waals surface area contributed by atoms with Crippen LogP contribution in [0, 0.1) is 0 Å². The van der Waals surface area contributed by atoms with Gasteiger partial charge in [0, 0.05) is 5.56 Å². The minimum atomic E-state index is -0.357. The molecule has 25 heavy (non-hydrogen) atoms. The summed E-state index contributed by atoms with van der Waals surface area (Å²) in [6.07, 6.45) is 0. The molecule has 0 spiro atoms. The molecule has 0 unspecified atom stereocenters. The molecule has 0 bridgehead atoms. The maximum Gasteiger partial charge on any atom is 0.338 e. The van der Waals surface area contributed by atoms with Gasteiger partial charge in [0.2, 0.25) is 0 Å². The second kappa shape index (κ2) is 5.79. The molecule has 0 saturated carbocycles. The SMILES string of the molecule is C=C1NN(c2ccccc2)C(=O)C1=NNc1ccc2c(c1)C(=O)OC2. The number of cyclic esters (lactones) is 1. The summed E-state index contributed by atoms with van der Waals surface area (Å²) >= 11 is 0. The van der Waals surface area contributed by atoms with Crippen LogP contribution in [0.3, 0.4) is 0 Å². The summed E-state index contributed by atoms with van der Waals surface area (Å²) in [7, 11) is 0. The van der Waals surface area contributed by atoms with Gasteiger partial charge in [0.25, 0.3) is 5.91 Å². The highest BCUT2D eigenvalue weighted by Crippen LogP contribution is 2.24. The quantitative estimate of drug-likeness (QED) is 0.664. The van der Waals surface area contributed by atoms with Crippen molar-refractivity contribution in [3.05, 3.63) is 71.9 Å². The lowest BCUT2D eigenvalue weighted by Crippen LogP contribution is -2.34. The first kappa shape index (κ1) is 14.9. The van der Waals surface area contributed by atoms with E-state index in [1.165, 1.54) is 5.01 Å². The number of fused-ring (bicyclic) bond motifs is 1. The molecule has 1 amide bonds. The molecule has 0 aromatic heterocycles. The Morgan fingerprint density at radius 2 is 1.96 bits per heavy atom. The van der Waals surface area contributed by atoms with Crippen molar-refractivity contribution in [1.29, 1.82) is 0 Å². The minimum absolute atomic E-state index is 0.173. The van der Waals surface area contributed by atoms with Crippen LogP contribution in [-0.4, -0.2) is 17.6 Å². The topological polar surface area (TPSA) is 83.0 Å². The van der Waals surface area contributed by atoms with Crippen molar-refractivity contribution in [3.8, 4) is 0 Å². The number of amides is 1. The summed E-state index contributed by atoms with van der Waals surface area (Å²) in [6, 6.07) is 14.4. The van der Waals surface area contributed by atoms with Gasteiger partial charge in [-0.1, -0.05) is 30.8 Å². The number of hydrogen-bond donors (Lipinski definition) is 2. The van der Waals surface area contributed by atoms with E-state index in [-0.39, 0.29) is 24.2 Å². The number of esters is 1. The normalized spacial score (nSPS) is 17.5. The predicted octanol–water partition coefficient (Wildman–Crippen LogP) is 2.19. The van der Waals surface area contributed by atoms with E-state index in [2.05, 4.69) is 22.5 Å². The molecule has 7 heteroatoms. The van der Waals surface area contributed by atoms with Gasteiger partial charge in [-0.15, -0.1) is 0 Å². The Hall–Kier alpha value is -3.61. The molecule has 2 N–H and O–H groups in total. The lowest BCUT2D eigenvalue weighted by atomic mass is 10.1. The fourth-order valence-corrected chi connectivity index (χ4v) is 2.65. The third-order valence-electron chi connectivity index (χ3n) is 3.94. The second-order valence-electron chi connectivity index (χ2n) is 5.59. The third-order valence-corrected chi connectivity index (χ3v) is 3.94. The third kappa shape index (κ3) is 2.61. The van der Waals surface area contributed by atoms with Gasteiger partial charge in [-0.3, -0.25) is 15.6 Å². The number of nitrogens with one attached hydrogen (secondary N) is 2. The van der Waals surface area contributed by atoms with Gasteiger partial charge in [-0.25, -0.2) is 9.80 Å². The number of ether oxygens (including phenoxy) is 1. The highest BCUT2D eigenvalue weighted by atomic mass is 16.5. The Bertz CT molecular complexity index is 921. The van der Waals surface area contributed by atoms with Crippen LogP contribution in [0.15, 0.2) is 65.9 Å². The van der Waals surface area contributed by atoms with Crippen LogP contribution in [0.4, 0.5) is 11.4 Å². The average Bonchev–Trinajstić information content (AvgIpc) is 3.14. The maximum atomic E-state index is 12.5. The Morgan fingerprint density at radius 1 is 1.16 bits per heavy atom. The van der Waals surface area contributed by atoms with Gasteiger partial charge in [0.05, 0.1) is 22.6 Å². The highest BCUT2D eigenvalue weighted by molar-refractivity contribution is 6.51. The van der Waals surface area contributed by atoms with Crippen molar-refractivity contribution in [2.24, 2.45) is 5.10 Å². The summed E-state index contributed by atoms with van der Waals surface area (Å²) in [5, 5.41) is 5.52. The molecule has 2 aromatic carbocycles. The maximum absolute atomic E-state index is 12.5. The molecule has 0 radical (unpaired) electrons. The number of hydrogen-bond acceptors (Lipinski definition) is 6.